The molecule has 17 heavy (non-hydrogen) atoms. The van der Waals surface area contributed by atoms with E-state index in [1.165, 1.54) is 12.0 Å². The largest absolute Gasteiger partial charge is 0.369 e. The molecular formula is C13H16N2O2. The zero-order chi connectivity index (χ0) is 13.1. The summed E-state index contributed by atoms with van der Waals surface area (Å²) in [6.45, 7) is 3.44. The predicted octanol–water partition coefficient (Wildman–Crippen LogP) is 1.95. The van der Waals surface area contributed by atoms with E-state index in [1.807, 2.05) is 6.07 Å². The second-order valence-electron chi connectivity index (χ2n) is 4.24. The van der Waals surface area contributed by atoms with Gasteiger partial charge in [-0.05, 0) is 38.1 Å². The fourth-order valence-corrected chi connectivity index (χ4v) is 1.37. The van der Waals surface area contributed by atoms with Crippen molar-refractivity contribution in [3.8, 4) is 6.07 Å². The number of benzene rings is 1. The van der Waals surface area contributed by atoms with Crippen molar-refractivity contribution >= 4 is 11.6 Å². The fraction of sp³-hybridized carbons (Fsp3) is 0.385. The van der Waals surface area contributed by atoms with E-state index in [-0.39, 0.29) is 5.91 Å². The van der Waals surface area contributed by atoms with Crippen molar-refractivity contribution in [1.82, 2.24) is 0 Å². The van der Waals surface area contributed by atoms with E-state index < -0.39 is 5.60 Å². The second-order valence-corrected chi connectivity index (χ2v) is 4.24. The molecule has 0 saturated carbocycles. The Bertz CT molecular complexity index is 443. The number of anilines is 1. The Hall–Kier alpha value is -1.86. The number of methoxy groups -OCH3 is 1. The summed E-state index contributed by atoms with van der Waals surface area (Å²) in [5.41, 5.74) is 0.447. The summed E-state index contributed by atoms with van der Waals surface area (Å²) in [4.78, 5) is 13.6. The summed E-state index contributed by atoms with van der Waals surface area (Å²) >= 11 is 0. The van der Waals surface area contributed by atoms with Crippen LogP contribution in [0, 0.1) is 11.3 Å². The minimum atomic E-state index is -0.858. The van der Waals surface area contributed by atoms with Crippen LogP contribution in [0.2, 0.25) is 0 Å². The van der Waals surface area contributed by atoms with E-state index in [0.29, 0.717) is 5.56 Å². The molecule has 1 aromatic carbocycles. The maximum atomic E-state index is 12.1. The molecule has 0 N–H and O–H groups in total. The van der Waals surface area contributed by atoms with E-state index in [9.17, 15) is 4.79 Å². The van der Waals surface area contributed by atoms with Crippen LogP contribution in [0.15, 0.2) is 24.3 Å². The molecule has 0 aliphatic heterocycles. The van der Waals surface area contributed by atoms with E-state index >= 15 is 0 Å². The SMILES string of the molecule is COC(C)(C)C(=O)N(C)c1ccc(C#N)cc1. The summed E-state index contributed by atoms with van der Waals surface area (Å²) < 4.78 is 5.14. The Balaban J connectivity index is 2.93. The van der Waals surface area contributed by atoms with Crippen LogP contribution in [-0.2, 0) is 9.53 Å². The van der Waals surface area contributed by atoms with Gasteiger partial charge in [-0.1, -0.05) is 0 Å². The van der Waals surface area contributed by atoms with Crippen molar-refractivity contribution in [2.45, 2.75) is 19.4 Å². The lowest BCUT2D eigenvalue weighted by Crippen LogP contribution is -2.44. The van der Waals surface area contributed by atoms with E-state index in [1.54, 1.807) is 45.2 Å². The molecular weight excluding hydrogens is 216 g/mol. The van der Waals surface area contributed by atoms with Crippen LogP contribution in [0.4, 0.5) is 5.69 Å². The number of likely N-dealkylation sites (N-methyl/N-ethyl adjacent to an activating group) is 1. The van der Waals surface area contributed by atoms with Crippen LogP contribution in [0.1, 0.15) is 19.4 Å². The first-order chi connectivity index (χ1) is 7.92. The molecule has 0 heterocycles. The number of rotatable bonds is 3. The summed E-state index contributed by atoms with van der Waals surface area (Å²) in [5.74, 6) is -0.135. The number of carbonyl (C=O) groups is 1. The van der Waals surface area contributed by atoms with Gasteiger partial charge >= 0.3 is 0 Å². The normalized spacial score (nSPS) is 10.8. The first kappa shape index (κ1) is 13.2. The molecule has 0 radical (unpaired) electrons. The highest BCUT2D eigenvalue weighted by molar-refractivity contribution is 5.98. The van der Waals surface area contributed by atoms with Gasteiger partial charge in [-0.2, -0.15) is 5.26 Å². The van der Waals surface area contributed by atoms with Gasteiger partial charge < -0.3 is 9.64 Å². The van der Waals surface area contributed by atoms with Gasteiger partial charge in [0, 0.05) is 19.8 Å². The van der Waals surface area contributed by atoms with Crippen LogP contribution in [0.5, 0.6) is 0 Å². The summed E-state index contributed by atoms with van der Waals surface area (Å²) in [5, 5.41) is 8.69. The molecule has 4 heteroatoms. The number of nitriles is 1. The number of ether oxygens (including phenoxy) is 1. The maximum absolute atomic E-state index is 12.1. The van der Waals surface area contributed by atoms with Gasteiger partial charge in [0.05, 0.1) is 11.6 Å². The summed E-state index contributed by atoms with van der Waals surface area (Å²) in [7, 11) is 3.19. The van der Waals surface area contributed by atoms with Gasteiger partial charge in [-0.15, -0.1) is 0 Å². The first-order valence-electron chi connectivity index (χ1n) is 5.26. The molecule has 1 rings (SSSR count). The Labute approximate surface area is 101 Å². The lowest BCUT2D eigenvalue weighted by atomic mass is 10.1. The third-order valence-electron chi connectivity index (χ3n) is 2.71. The van der Waals surface area contributed by atoms with Crippen molar-refractivity contribution in [3.63, 3.8) is 0 Å². The number of hydrogen-bond donors (Lipinski definition) is 0. The Morgan fingerprint density at radius 2 is 1.88 bits per heavy atom. The number of amides is 1. The van der Waals surface area contributed by atoms with E-state index in [0.717, 1.165) is 5.69 Å². The lowest BCUT2D eigenvalue weighted by Gasteiger charge is -2.28. The summed E-state index contributed by atoms with van der Waals surface area (Å²) in [6, 6.07) is 8.87. The molecule has 4 nitrogen and oxygen atoms in total. The van der Waals surface area contributed by atoms with Gasteiger partial charge in [-0.3, -0.25) is 4.79 Å². The van der Waals surface area contributed by atoms with E-state index in [4.69, 9.17) is 10.00 Å². The molecule has 1 aromatic rings. The van der Waals surface area contributed by atoms with Crippen molar-refractivity contribution in [2.75, 3.05) is 19.1 Å². The molecule has 0 aliphatic carbocycles. The molecule has 0 unspecified atom stereocenters. The Kier molecular flexibility index (Phi) is 3.87. The smallest absolute Gasteiger partial charge is 0.258 e. The van der Waals surface area contributed by atoms with Gasteiger partial charge in [-0.25, -0.2) is 0 Å². The van der Waals surface area contributed by atoms with Crippen molar-refractivity contribution in [2.24, 2.45) is 0 Å². The van der Waals surface area contributed by atoms with Gasteiger partial charge in [0.15, 0.2) is 0 Å². The van der Waals surface area contributed by atoms with Crippen molar-refractivity contribution in [3.05, 3.63) is 29.8 Å². The van der Waals surface area contributed by atoms with Crippen LogP contribution in [0.3, 0.4) is 0 Å². The van der Waals surface area contributed by atoms with Crippen LogP contribution >= 0.6 is 0 Å². The van der Waals surface area contributed by atoms with Crippen LogP contribution < -0.4 is 4.90 Å². The van der Waals surface area contributed by atoms with E-state index in [2.05, 4.69) is 0 Å². The molecule has 0 aliphatic rings. The second kappa shape index (κ2) is 4.98. The topological polar surface area (TPSA) is 53.3 Å². The molecule has 0 aromatic heterocycles. The highest BCUT2D eigenvalue weighted by atomic mass is 16.5. The zero-order valence-electron chi connectivity index (χ0n) is 10.5. The molecule has 0 bridgehead atoms. The molecule has 0 spiro atoms. The lowest BCUT2D eigenvalue weighted by molar-refractivity contribution is -0.136. The Morgan fingerprint density at radius 3 is 2.29 bits per heavy atom. The standard InChI is InChI=1S/C13H16N2O2/c1-13(2,17-4)12(16)15(3)11-7-5-10(9-14)6-8-11/h5-8H,1-4H3. The highest BCUT2D eigenvalue weighted by Gasteiger charge is 2.30. The maximum Gasteiger partial charge on any atom is 0.258 e. The van der Waals surface area contributed by atoms with Crippen molar-refractivity contribution in [1.29, 1.82) is 5.26 Å². The quantitative estimate of drug-likeness (QED) is 0.800. The summed E-state index contributed by atoms with van der Waals surface area (Å²) in [6.07, 6.45) is 0. The molecule has 90 valence electrons. The van der Waals surface area contributed by atoms with Gasteiger partial charge in [0.2, 0.25) is 0 Å². The average Bonchev–Trinajstić information content (AvgIpc) is 2.37. The number of nitrogens with zero attached hydrogens (tertiary/aromatic N) is 2. The zero-order valence-corrected chi connectivity index (χ0v) is 10.5. The monoisotopic (exact) mass is 232 g/mol. The molecule has 1 amide bonds. The molecule has 0 fully saturated rings. The fourth-order valence-electron chi connectivity index (χ4n) is 1.37. The third-order valence-corrected chi connectivity index (χ3v) is 2.71. The first-order valence-corrected chi connectivity index (χ1v) is 5.26. The Morgan fingerprint density at radius 1 is 1.35 bits per heavy atom. The minimum Gasteiger partial charge on any atom is -0.369 e. The van der Waals surface area contributed by atoms with Crippen molar-refractivity contribution < 1.29 is 9.53 Å². The molecule has 0 saturated heterocycles. The number of hydrogen-bond acceptors (Lipinski definition) is 3. The van der Waals surface area contributed by atoms with Gasteiger partial charge in [0.1, 0.15) is 5.60 Å². The third kappa shape index (κ3) is 2.83. The number of carbonyl (C=O) groups excluding carboxylic acids is 1. The van der Waals surface area contributed by atoms with Gasteiger partial charge in [0.25, 0.3) is 5.91 Å². The predicted molar refractivity (Wildman–Crippen MR) is 65.7 cm³/mol. The average molecular weight is 232 g/mol. The highest BCUT2D eigenvalue weighted by Crippen LogP contribution is 2.19. The molecule has 0 atom stereocenters. The van der Waals surface area contributed by atoms with Crippen LogP contribution in [-0.4, -0.2) is 25.7 Å². The van der Waals surface area contributed by atoms with Crippen LogP contribution in [0.25, 0.3) is 0 Å². The minimum absolute atomic E-state index is 0.135.